The lowest BCUT2D eigenvalue weighted by molar-refractivity contribution is 0.00727. The number of hydrogen-bond donors (Lipinski definition) is 2. The molecule has 1 saturated heterocycles. The number of aliphatic hydroxyl groups excluding tert-OH is 1. The van der Waals surface area contributed by atoms with Crippen LogP contribution in [-0.2, 0) is 0 Å². The first-order valence-corrected chi connectivity index (χ1v) is 8.72. The van der Waals surface area contributed by atoms with Crippen LogP contribution in [0.4, 0.5) is 8.78 Å². The van der Waals surface area contributed by atoms with E-state index in [9.17, 15) is 18.7 Å². The molecule has 0 bridgehead atoms. The molecular weight excluding hydrogens is 314 g/mol. The maximum Gasteiger partial charge on any atom is 0.251 e. The van der Waals surface area contributed by atoms with Crippen molar-refractivity contribution in [2.45, 2.75) is 56.7 Å². The number of aliphatic hydroxyl groups is 1. The van der Waals surface area contributed by atoms with E-state index in [2.05, 4.69) is 10.2 Å². The van der Waals surface area contributed by atoms with Crippen LogP contribution in [0.25, 0.3) is 0 Å². The van der Waals surface area contributed by atoms with Crippen LogP contribution in [0.15, 0.2) is 18.2 Å². The fourth-order valence-electron chi connectivity index (χ4n) is 3.85. The molecule has 4 nitrogen and oxygen atoms in total. The number of amides is 1. The van der Waals surface area contributed by atoms with Crippen molar-refractivity contribution in [2.75, 3.05) is 13.1 Å². The lowest BCUT2D eigenvalue weighted by Crippen LogP contribution is -2.52. The second-order valence-electron chi connectivity index (χ2n) is 6.86. The van der Waals surface area contributed by atoms with Gasteiger partial charge in [-0.1, -0.05) is 12.8 Å². The van der Waals surface area contributed by atoms with Crippen LogP contribution in [0, 0.1) is 11.6 Å². The minimum Gasteiger partial charge on any atom is -0.391 e. The van der Waals surface area contributed by atoms with Gasteiger partial charge in [0.25, 0.3) is 5.91 Å². The van der Waals surface area contributed by atoms with Gasteiger partial charge in [0.2, 0.25) is 0 Å². The van der Waals surface area contributed by atoms with E-state index < -0.39 is 17.5 Å². The summed E-state index contributed by atoms with van der Waals surface area (Å²) in [5.41, 5.74) is 0.0117. The molecule has 0 spiro atoms. The molecule has 0 radical (unpaired) electrons. The highest BCUT2D eigenvalue weighted by atomic mass is 19.1. The molecule has 24 heavy (non-hydrogen) atoms. The minimum absolute atomic E-state index is 0.000752. The van der Waals surface area contributed by atoms with Gasteiger partial charge < -0.3 is 10.4 Å². The molecular formula is C18H24F2N2O2. The van der Waals surface area contributed by atoms with Crippen molar-refractivity contribution in [3.05, 3.63) is 35.4 Å². The average Bonchev–Trinajstić information content (AvgIpc) is 2.55. The van der Waals surface area contributed by atoms with Crippen LogP contribution in [0.1, 0.15) is 48.9 Å². The molecule has 1 aliphatic heterocycles. The highest BCUT2D eigenvalue weighted by Gasteiger charge is 2.31. The van der Waals surface area contributed by atoms with E-state index >= 15 is 0 Å². The molecule has 0 aromatic heterocycles. The highest BCUT2D eigenvalue weighted by molar-refractivity contribution is 5.94. The Morgan fingerprint density at radius 1 is 1.04 bits per heavy atom. The molecule has 2 fully saturated rings. The van der Waals surface area contributed by atoms with Crippen molar-refractivity contribution < 1.29 is 18.7 Å². The molecule has 1 aromatic carbocycles. The van der Waals surface area contributed by atoms with Crippen molar-refractivity contribution >= 4 is 5.91 Å². The lowest BCUT2D eigenvalue weighted by atomic mass is 9.89. The Morgan fingerprint density at radius 3 is 2.29 bits per heavy atom. The molecule has 1 saturated carbocycles. The van der Waals surface area contributed by atoms with Gasteiger partial charge in [-0.25, -0.2) is 8.78 Å². The fraction of sp³-hybridized carbons (Fsp3) is 0.611. The molecule has 1 heterocycles. The Hall–Kier alpha value is -1.53. The van der Waals surface area contributed by atoms with Crippen molar-refractivity contribution in [3.63, 3.8) is 0 Å². The quantitative estimate of drug-likeness (QED) is 0.890. The topological polar surface area (TPSA) is 52.6 Å². The fourth-order valence-corrected chi connectivity index (χ4v) is 3.85. The van der Waals surface area contributed by atoms with Gasteiger partial charge in [0.1, 0.15) is 11.6 Å². The van der Waals surface area contributed by atoms with E-state index in [1.807, 2.05) is 0 Å². The van der Waals surface area contributed by atoms with Gasteiger partial charge >= 0.3 is 0 Å². The van der Waals surface area contributed by atoms with Gasteiger partial charge in [0.15, 0.2) is 0 Å². The van der Waals surface area contributed by atoms with Crippen LogP contribution in [0.5, 0.6) is 0 Å². The second-order valence-corrected chi connectivity index (χ2v) is 6.86. The van der Waals surface area contributed by atoms with Gasteiger partial charge in [0, 0.05) is 36.8 Å². The zero-order valence-corrected chi connectivity index (χ0v) is 13.7. The molecule has 2 N–H and O–H groups in total. The number of rotatable bonds is 3. The predicted molar refractivity (Wildman–Crippen MR) is 86.7 cm³/mol. The maximum absolute atomic E-state index is 13.2. The summed E-state index contributed by atoms with van der Waals surface area (Å²) in [6.07, 6.45) is 5.46. The zero-order valence-electron chi connectivity index (χ0n) is 13.7. The van der Waals surface area contributed by atoms with Crippen molar-refractivity contribution in [1.82, 2.24) is 10.2 Å². The molecule has 2 atom stereocenters. The zero-order chi connectivity index (χ0) is 17.1. The summed E-state index contributed by atoms with van der Waals surface area (Å²) in [4.78, 5) is 14.5. The Kier molecular flexibility index (Phi) is 5.46. The van der Waals surface area contributed by atoms with Crippen LogP contribution < -0.4 is 5.32 Å². The number of piperidine rings is 1. The average molecular weight is 338 g/mol. The Labute approximate surface area is 140 Å². The van der Waals surface area contributed by atoms with E-state index in [0.29, 0.717) is 0 Å². The van der Waals surface area contributed by atoms with Crippen LogP contribution in [0.3, 0.4) is 0 Å². The third kappa shape index (κ3) is 4.11. The van der Waals surface area contributed by atoms with E-state index in [0.717, 1.165) is 69.8 Å². The standard InChI is InChI=1S/C18H24F2N2O2/c19-13-9-12(10-14(20)11-13)18(24)21-15-5-7-22(8-6-15)16-3-1-2-4-17(16)23/h9-11,15-17,23H,1-8H2,(H,21,24). The molecule has 1 amide bonds. The smallest absolute Gasteiger partial charge is 0.251 e. The van der Waals surface area contributed by atoms with Crippen LogP contribution in [0.2, 0.25) is 0 Å². The number of halogens is 2. The lowest BCUT2D eigenvalue weighted by Gasteiger charge is -2.41. The number of nitrogens with one attached hydrogen (secondary N) is 1. The normalized spacial score (nSPS) is 26.3. The number of hydrogen-bond acceptors (Lipinski definition) is 3. The Morgan fingerprint density at radius 2 is 1.67 bits per heavy atom. The third-order valence-electron chi connectivity index (χ3n) is 5.15. The SMILES string of the molecule is O=C(NC1CCN(C2CCCCC2O)CC1)c1cc(F)cc(F)c1. The summed E-state index contributed by atoms with van der Waals surface area (Å²) in [7, 11) is 0. The van der Waals surface area contributed by atoms with E-state index in [4.69, 9.17) is 0 Å². The molecule has 2 aliphatic rings. The molecule has 1 aliphatic carbocycles. The van der Waals surface area contributed by atoms with E-state index in [-0.39, 0.29) is 23.8 Å². The summed E-state index contributed by atoms with van der Waals surface area (Å²) in [6, 6.07) is 3.08. The first kappa shape index (κ1) is 17.3. The Bertz CT molecular complexity index is 568. The largest absolute Gasteiger partial charge is 0.391 e. The van der Waals surface area contributed by atoms with Crippen LogP contribution in [-0.4, -0.2) is 47.2 Å². The van der Waals surface area contributed by atoms with Gasteiger partial charge in [-0.3, -0.25) is 9.69 Å². The van der Waals surface area contributed by atoms with Gasteiger partial charge in [0.05, 0.1) is 6.10 Å². The van der Waals surface area contributed by atoms with Crippen molar-refractivity contribution in [1.29, 1.82) is 0 Å². The number of carbonyl (C=O) groups excluding carboxylic acids is 1. The van der Waals surface area contributed by atoms with Crippen molar-refractivity contribution in [3.8, 4) is 0 Å². The third-order valence-corrected chi connectivity index (χ3v) is 5.15. The first-order chi connectivity index (χ1) is 11.5. The summed E-state index contributed by atoms with van der Waals surface area (Å²) >= 11 is 0. The molecule has 132 valence electrons. The number of nitrogens with zero attached hydrogens (tertiary/aromatic N) is 1. The van der Waals surface area contributed by atoms with Crippen LogP contribution >= 0.6 is 0 Å². The summed E-state index contributed by atoms with van der Waals surface area (Å²) in [6.45, 7) is 1.65. The first-order valence-electron chi connectivity index (χ1n) is 8.72. The van der Waals surface area contributed by atoms with Gasteiger partial charge in [-0.15, -0.1) is 0 Å². The Balaban J connectivity index is 1.52. The summed E-state index contributed by atoms with van der Waals surface area (Å²) in [5, 5.41) is 13.0. The number of benzene rings is 1. The summed E-state index contributed by atoms with van der Waals surface area (Å²) < 4.78 is 26.4. The van der Waals surface area contributed by atoms with Gasteiger partial charge in [-0.05, 0) is 37.8 Å². The number of likely N-dealkylation sites (tertiary alicyclic amines) is 1. The van der Waals surface area contributed by atoms with Gasteiger partial charge in [-0.2, -0.15) is 0 Å². The second kappa shape index (κ2) is 7.57. The monoisotopic (exact) mass is 338 g/mol. The minimum atomic E-state index is -0.749. The molecule has 2 unspecified atom stereocenters. The maximum atomic E-state index is 13.2. The highest BCUT2D eigenvalue weighted by Crippen LogP contribution is 2.26. The predicted octanol–water partition coefficient (Wildman–Crippen LogP) is 2.46. The molecule has 6 heteroatoms. The van der Waals surface area contributed by atoms with E-state index in [1.54, 1.807) is 0 Å². The summed E-state index contributed by atoms with van der Waals surface area (Å²) in [5.74, 6) is -1.94. The molecule has 1 aromatic rings. The van der Waals surface area contributed by atoms with Crippen molar-refractivity contribution in [2.24, 2.45) is 0 Å². The molecule has 3 rings (SSSR count). The van der Waals surface area contributed by atoms with E-state index in [1.165, 1.54) is 0 Å². The number of carbonyl (C=O) groups is 1.